The van der Waals surface area contributed by atoms with E-state index in [2.05, 4.69) is 4.72 Å². The summed E-state index contributed by atoms with van der Waals surface area (Å²) in [6.07, 6.45) is 2.58. The van der Waals surface area contributed by atoms with Crippen LogP contribution in [0, 0.1) is 0 Å². The van der Waals surface area contributed by atoms with Gasteiger partial charge < -0.3 is 19.4 Å². The molecule has 5 rings (SSSR count). The smallest absolute Gasteiger partial charge is 0.253 e. The Hall–Kier alpha value is -2.73. The quantitative estimate of drug-likeness (QED) is 0.562. The number of halogens is 1. The Morgan fingerprint density at radius 3 is 2.49 bits per heavy atom. The summed E-state index contributed by atoms with van der Waals surface area (Å²) >= 11 is 6.02. The molecule has 1 N–H and O–H groups in total. The number of carbonyl (C=O) groups is 3. The highest BCUT2D eigenvalue weighted by molar-refractivity contribution is 7.89. The summed E-state index contributed by atoms with van der Waals surface area (Å²) in [5.74, 6) is -0.815. The lowest BCUT2D eigenvalue weighted by molar-refractivity contribution is -0.158. The summed E-state index contributed by atoms with van der Waals surface area (Å²) in [4.78, 5) is 44.3. The van der Waals surface area contributed by atoms with Crippen LogP contribution in [0.1, 0.15) is 32.6 Å². The summed E-state index contributed by atoms with van der Waals surface area (Å²) in [7, 11) is -3.98. The van der Waals surface area contributed by atoms with Gasteiger partial charge in [-0.3, -0.25) is 14.4 Å². The van der Waals surface area contributed by atoms with Crippen molar-refractivity contribution in [1.29, 1.82) is 0 Å². The number of sulfonamides is 1. The number of morpholine rings is 1. The molecule has 0 bridgehead atoms. The second-order valence-electron chi connectivity index (χ2n) is 10.4. The molecule has 12 heteroatoms. The zero-order valence-corrected chi connectivity index (χ0v) is 23.4. The van der Waals surface area contributed by atoms with Gasteiger partial charge in [0, 0.05) is 31.2 Å². The molecular weight excluding hydrogens is 544 g/mol. The van der Waals surface area contributed by atoms with E-state index in [0.29, 0.717) is 30.0 Å². The van der Waals surface area contributed by atoms with Crippen LogP contribution in [0.15, 0.2) is 41.3 Å². The van der Waals surface area contributed by atoms with Gasteiger partial charge in [-0.05, 0) is 67.6 Å². The number of benzene rings is 2. The fraction of sp³-hybridized carbons (Fsp3) is 0.519. The van der Waals surface area contributed by atoms with Crippen molar-refractivity contribution in [1.82, 2.24) is 19.4 Å². The molecule has 3 aliphatic rings. The van der Waals surface area contributed by atoms with Crippen molar-refractivity contribution in [3.05, 3.63) is 41.4 Å². The molecule has 0 radical (unpaired) electrons. The third-order valence-corrected chi connectivity index (χ3v) is 9.47. The minimum absolute atomic E-state index is 0.0467. The first-order valence-electron chi connectivity index (χ1n) is 13.4. The average molecular weight is 577 g/mol. The SMILES string of the molecule is C[C@@H](C(=O)N1CCOC(C(=O)N2CCCCC2)C1)N1CCC(NS(=O)(=O)c2ccc3cc(Cl)ccc3c2)C1=O. The number of ether oxygens (including phenoxy) is 1. The van der Waals surface area contributed by atoms with E-state index in [4.69, 9.17) is 16.3 Å². The Morgan fingerprint density at radius 2 is 1.72 bits per heavy atom. The lowest BCUT2D eigenvalue weighted by atomic mass is 10.1. The normalized spacial score (nSPS) is 23.3. The van der Waals surface area contributed by atoms with Gasteiger partial charge in [0.15, 0.2) is 6.10 Å². The number of fused-ring (bicyclic) bond motifs is 1. The number of piperidine rings is 1. The van der Waals surface area contributed by atoms with Gasteiger partial charge in [-0.15, -0.1) is 0 Å². The van der Waals surface area contributed by atoms with Crippen LogP contribution in [-0.2, 0) is 29.1 Å². The first kappa shape index (κ1) is 27.8. The maximum absolute atomic E-state index is 13.3. The van der Waals surface area contributed by atoms with Crippen LogP contribution in [0.25, 0.3) is 10.8 Å². The van der Waals surface area contributed by atoms with E-state index < -0.39 is 34.1 Å². The third-order valence-electron chi connectivity index (χ3n) is 7.77. The molecule has 3 amide bonds. The van der Waals surface area contributed by atoms with Crippen molar-refractivity contribution in [2.24, 2.45) is 0 Å². The van der Waals surface area contributed by atoms with Crippen LogP contribution < -0.4 is 4.72 Å². The molecule has 10 nitrogen and oxygen atoms in total. The minimum Gasteiger partial charge on any atom is -0.365 e. The Kier molecular flexibility index (Phi) is 8.14. The molecule has 0 spiro atoms. The van der Waals surface area contributed by atoms with Crippen molar-refractivity contribution in [3.8, 4) is 0 Å². The Labute approximate surface area is 233 Å². The standard InChI is InChI=1S/C27H33ClN4O6S/c1-18(25(33)31-13-14-38-24(17-31)27(35)30-10-3-2-4-11-30)32-12-9-23(26(32)34)29-39(36,37)22-8-6-19-15-21(28)7-5-20(19)16-22/h5-8,15-16,18,23-24,29H,2-4,9-14,17H2,1H3/t18-,23?,24?/m0/s1. The van der Waals surface area contributed by atoms with E-state index in [1.165, 1.54) is 17.0 Å². The number of nitrogens with one attached hydrogen (secondary N) is 1. The second-order valence-corrected chi connectivity index (χ2v) is 12.5. The van der Waals surface area contributed by atoms with Crippen molar-refractivity contribution < 1.29 is 27.5 Å². The van der Waals surface area contributed by atoms with Crippen LogP contribution in [-0.4, -0.2) is 98.4 Å². The molecule has 3 atom stereocenters. The summed E-state index contributed by atoms with van der Waals surface area (Å²) in [6, 6.07) is 8.10. The second kappa shape index (κ2) is 11.4. The van der Waals surface area contributed by atoms with Gasteiger partial charge >= 0.3 is 0 Å². The Morgan fingerprint density at radius 1 is 1.00 bits per heavy atom. The molecule has 210 valence electrons. The van der Waals surface area contributed by atoms with Gasteiger partial charge in [-0.1, -0.05) is 23.7 Å². The highest BCUT2D eigenvalue weighted by atomic mass is 35.5. The lowest BCUT2D eigenvalue weighted by Gasteiger charge is -2.38. The zero-order chi connectivity index (χ0) is 27.7. The predicted molar refractivity (Wildman–Crippen MR) is 146 cm³/mol. The van der Waals surface area contributed by atoms with E-state index >= 15 is 0 Å². The number of hydrogen-bond acceptors (Lipinski definition) is 6. The van der Waals surface area contributed by atoms with Gasteiger partial charge in [0.05, 0.1) is 18.0 Å². The number of rotatable bonds is 6. The first-order chi connectivity index (χ1) is 18.6. The van der Waals surface area contributed by atoms with Crippen molar-refractivity contribution in [2.45, 2.75) is 55.7 Å². The number of carbonyl (C=O) groups excluding carboxylic acids is 3. The van der Waals surface area contributed by atoms with E-state index in [-0.39, 0.29) is 42.8 Å². The lowest BCUT2D eigenvalue weighted by Crippen LogP contribution is -2.57. The van der Waals surface area contributed by atoms with Crippen LogP contribution in [0.5, 0.6) is 0 Å². The van der Waals surface area contributed by atoms with Crippen molar-refractivity contribution in [2.75, 3.05) is 39.3 Å². The van der Waals surface area contributed by atoms with Gasteiger partial charge in [-0.2, -0.15) is 4.72 Å². The number of likely N-dealkylation sites (tertiary alicyclic amines) is 2. The monoisotopic (exact) mass is 576 g/mol. The molecule has 3 fully saturated rings. The van der Waals surface area contributed by atoms with Crippen LogP contribution >= 0.6 is 11.6 Å². The first-order valence-corrected chi connectivity index (χ1v) is 15.2. The summed E-state index contributed by atoms with van der Waals surface area (Å²) in [6.45, 7) is 4.02. The van der Waals surface area contributed by atoms with Crippen molar-refractivity contribution in [3.63, 3.8) is 0 Å². The van der Waals surface area contributed by atoms with Crippen molar-refractivity contribution >= 4 is 50.1 Å². The fourth-order valence-electron chi connectivity index (χ4n) is 5.53. The van der Waals surface area contributed by atoms with E-state index in [1.54, 1.807) is 41.0 Å². The summed E-state index contributed by atoms with van der Waals surface area (Å²) < 4.78 is 34.4. The minimum atomic E-state index is -3.98. The molecule has 0 aromatic heterocycles. The molecular formula is C27H33ClN4O6S. The maximum atomic E-state index is 13.3. The Bertz CT molecular complexity index is 1380. The topological polar surface area (TPSA) is 116 Å². The highest BCUT2D eigenvalue weighted by Gasteiger charge is 2.41. The molecule has 2 unspecified atom stereocenters. The Balaban J connectivity index is 1.21. The average Bonchev–Trinajstić information content (AvgIpc) is 3.30. The van der Waals surface area contributed by atoms with Gasteiger partial charge in [0.2, 0.25) is 21.8 Å². The molecule has 0 aliphatic carbocycles. The summed E-state index contributed by atoms with van der Waals surface area (Å²) in [5, 5.41) is 2.07. The highest BCUT2D eigenvalue weighted by Crippen LogP contribution is 2.24. The van der Waals surface area contributed by atoms with E-state index in [1.807, 2.05) is 0 Å². The van der Waals surface area contributed by atoms with Gasteiger partial charge in [0.25, 0.3) is 5.91 Å². The third kappa shape index (κ3) is 5.91. The number of amides is 3. The molecule has 0 saturated carbocycles. The number of hydrogen-bond donors (Lipinski definition) is 1. The maximum Gasteiger partial charge on any atom is 0.253 e. The van der Waals surface area contributed by atoms with Crippen LogP contribution in [0.2, 0.25) is 5.02 Å². The predicted octanol–water partition coefficient (Wildman–Crippen LogP) is 2.00. The molecule has 3 saturated heterocycles. The molecule has 2 aromatic rings. The van der Waals surface area contributed by atoms with Crippen LogP contribution in [0.3, 0.4) is 0 Å². The number of nitrogens with zero attached hydrogens (tertiary/aromatic N) is 3. The zero-order valence-electron chi connectivity index (χ0n) is 21.8. The molecule has 3 aliphatic heterocycles. The molecule has 2 aromatic carbocycles. The van der Waals surface area contributed by atoms with Crippen LogP contribution in [0.4, 0.5) is 0 Å². The molecule has 3 heterocycles. The fourth-order valence-corrected chi connectivity index (χ4v) is 6.97. The summed E-state index contributed by atoms with van der Waals surface area (Å²) in [5.41, 5.74) is 0. The van der Waals surface area contributed by atoms with Gasteiger partial charge in [-0.25, -0.2) is 8.42 Å². The van der Waals surface area contributed by atoms with E-state index in [9.17, 15) is 22.8 Å². The van der Waals surface area contributed by atoms with Gasteiger partial charge in [0.1, 0.15) is 12.1 Å². The van der Waals surface area contributed by atoms with E-state index in [0.717, 1.165) is 24.6 Å². The molecule has 39 heavy (non-hydrogen) atoms. The largest absolute Gasteiger partial charge is 0.365 e.